The van der Waals surface area contributed by atoms with Gasteiger partial charge in [-0.25, -0.2) is 4.98 Å². The fourth-order valence-electron chi connectivity index (χ4n) is 2.91. The van der Waals surface area contributed by atoms with E-state index in [0.29, 0.717) is 23.1 Å². The molecule has 0 aliphatic rings. The van der Waals surface area contributed by atoms with Crippen LogP contribution in [0.15, 0.2) is 48.7 Å². The number of hydrogen-bond acceptors (Lipinski definition) is 5. The van der Waals surface area contributed by atoms with Gasteiger partial charge in [-0.2, -0.15) is 0 Å². The number of pyridine rings is 1. The minimum absolute atomic E-state index is 0.0375. The van der Waals surface area contributed by atoms with Crippen molar-refractivity contribution in [3.8, 4) is 0 Å². The lowest BCUT2D eigenvalue weighted by molar-refractivity contribution is -0.383. The van der Waals surface area contributed by atoms with Crippen LogP contribution < -0.4 is 5.32 Å². The van der Waals surface area contributed by atoms with E-state index >= 15 is 0 Å². The second-order valence-corrected chi connectivity index (χ2v) is 6.09. The van der Waals surface area contributed by atoms with Crippen LogP contribution in [0.2, 0.25) is 0 Å². The lowest BCUT2D eigenvalue weighted by Gasteiger charge is -2.15. The highest BCUT2D eigenvalue weighted by Crippen LogP contribution is 2.34. The maximum atomic E-state index is 12.6. The van der Waals surface area contributed by atoms with Gasteiger partial charge < -0.3 is 5.32 Å². The van der Waals surface area contributed by atoms with Crippen LogP contribution in [0.5, 0.6) is 0 Å². The summed E-state index contributed by atoms with van der Waals surface area (Å²) in [5, 5.41) is 15.2. The van der Waals surface area contributed by atoms with Gasteiger partial charge in [-0.05, 0) is 25.0 Å². The molecular formula is C20H19N3O3. The van der Waals surface area contributed by atoms with Gasteiger partial charge in [0.15, 0.2) is 5.78 Å². The molecule has 3 aromatic rings. The molecule has 0 amide bonds. The van der Waals surface area contributed by atoms with E-state index in [1.165, 1.54) is 12.3 Å². The number of aryl methyl sites for hydroxylation is 1. The Labute approximate surface area is 151 Å². The number of nitrogens with one attached hydrogen (secondary N) is 1. The molecule has 2 aromatic carbocycles. The fourth-order valence-corrected chi connectivity index (χ4v) is 2.91. The maximum absolute atomic E-state index is 12.6. The predicted molar refractivity (Wildman–Crippen MR) is 102 cm³/mol. The highest BCUT2D eigenvalue weighted by Gasteiger charge is 2.20. The minimum atomic E-state index is -0.458. The number of aromatic nitrogens is 1. The Hall–Kier alpha value is -3.28. The summed E-state index contributed by atoms with van der Waals surface area (Å²) in [6, 6.07) is 12.5. The number of nitrogens with zero attached hydrogens (tertiary/aromatic N) is 2. The molecule has 0 fully saturated rings. The zero-order valence-corrected chi connectivity index (χ0v) is 14.7. The van der Waals surface area contributed by atoms with E-state index in [4.69, 9.17) is 0 Å². The first-order chi connectivity index (χ1) is 12.5. The monoisotopic (exact) mass is 349 g/mol. The van der Waals surface area contributed by atoms with Crippen molar-refractivity contribution in [2.75, 3.05) is 5.32 Å². The molecule has 1 N–H and O–H groups in total. The maximum Gasteiger partial charge on any atom is 0.295 e. The van der Waals surface area contributed by atoms with Crippen LogP contribution in [0.25, 0.3) is 10.9 Å². The number of rotatable bonds is 6. The second kappa shape index (κ2) is 7.31. The average molecular weight is 349 g/mol. The van der Waals surface area contributed by atoms with E-state index in [9.17, 15) is 14.9 Å². The van der Waals surface area contributed by atoms with Gasteiger partial charge in [-0.15, -0.1) is 0 Å². The normalized spacial score (nSPS) is 10.7. The number of nitro benzene ring substituents is 1. The van der Waals surface area contributed by atoms with E-state index < -0.39 is 4.92 Å². The summed E-state index contributed by atoms with van der Waals surface area (Å²) >= 11 is 0. The number of anilines is 2. The van der Waals surface area contributed by atoms with E-state index in [1.807, 2.05) is 38.1 Å². The molecule has 0 aliphatic heterocycles. The van der Waals surface area contributed by atoms with Crippen molar-refractivity contribution in [3.63, 3.8) is 0 Å². The van der Waals surface area contributed by atoms with Crippen molar-refractivity contribution in [3.05, 3.63) is 69.9 Å². The molecule has 0 spiro atoms. The molecule has 3 rings (SSSR count). The molecule has 0 atom stereocenters. The van der Waals surface area contributed by atoms with Crippen molar-refractivity contribution >= 4 is 33.7 Å². The van der Waals surface area contributed by atoms with E-state index in [-0.39, 0.29) is 17.0 Å². The molecule has 0 unspecified atom stereocenters. The largest absolute Gasteiger partial charge is 0.354 e. The van der Waals surface area contributed by atoms with Gasteiger partial charge in [-0.3, -0.25) is 14.9 Å². The zero-order chi connectivity index (χ0) is 18.7. The van der Waals surface area contributed by atoms with Crippen LogP contribution in [0.3, 0.4) is 0 Å². The third-order valence-corrected chi connectivity index (χ3v) is 4.26. The summed E-state index contributed by atoms with van der Waals surface area (Å²) in [7, 11) is 0. The van der Waals surface area contributed by atoms with Gasteiger partial charge >= 0.3 is 0 Å². The Balaban J connectivity index is 2.25. The molecule has 0 aliphatic carbocycles. The number of nitro groups is 1. The first-order valence-electron chi connectivity index (χ1n) is 8.45. The Morgan fingerprint density at radius 2 is 1.96 bits per heavy atom. The van der Waals surface area contributed by atoms with Crippen LogP contribution in [0.4, 0.5) is 17.1 Å². The smallest absolute Gasteiger partial charge is 0.295 e. The fraction of sp³-hybridized carbons (Fsp3) is 0.200. The summed E-state index contributed by atoms with van der Waals surface area (Å²) in [5.41, 5.74) is 3.05. The molecule has 26 heavy (non-hydrogen) atoms. The van der Waals surface area contributed by atoms with Gasteiger partial charge in [-0.1, -0.05) is 37.3 Å². The van der Waals surface area contributed by atoms with Crippen molar-refractivity contribution in [1.29, 1.82) is 0 Å². The number of carbonyl (C=O) groups excluding carboxylic acids is 1. The first kappa shape index (κ1) is 17.5. The quantitative estimate of drug-likeness (QED) is 0.376. The van der Waals surface area contributed by atoms with E-state index in [2.05, 4.69) is 10.3 Å². The van der Waals surface area contributed by atoms with E-state index in [0.717, 1.165) is 17.7 Å². The first-order valence-corrected chi connectivity index (χ1v) is 8.45. The SMILES string of the molecule is CCCC(=O)c1cnc2c([N+](=O)[O-])cccc2c1Nc1ccccc1C. The van der Waals surface area contributed by atoms with Crippen LogP contribution in [-0.2, 0) is 0 Å². The second-order valence-electron chi connectivity index (χ2n) is 6.09. The number of carbonyl (C=O) groups is 1. The summed E-state index contributed by atoms with van der Waals surface area (Å²) in [6.07, 6.45) is 2.55. The number of ketones is 1. The Morgan fingerprint density at radius 3 is 2.65 bits per heavy atom. The van der Waals surface area contributed by atoms with Crippen molar-refractivity contribution < 1.29 is 9.72 Å². The Bertz CT molecular complexity index is 999. The van der Waals surface area contributed by atoms with Crippen LogP contribution in [0, 0.1) is 17.0 Å². The molecule has 0 saturated heterocycles. The van der Waals surface area contributed by atoms with Crippen LogP contribution in [-0.4, -0.2) is 15.7 Å². The highest BCUT2D eigenvalue weighted by atomic mass is 16.6. The number of hydrogen-bond donors (Lipinski definition) is 1. The third-order valence-electron chi connectivity index (χ3n) is 4.26. The van der Waals surface area contributed by atoms with Crippen molar-refractivity contribution in [2.24, 2.45) is 0 Å². The highest BCUT2D eigenvalue weighted by molar-refractivity contribution is 6.10. The molecule has 6 nitrogen and oxygen atoms in total. The standard InChI is InChI=1S/C20H19N3O3/c1-3-7-18(24)15-12-21-20-14(9-6-11-17(20)23(25)26)19(15)22-16-10-5-4-8-13(16)2/h4-6,8-12H,3,7H2,1-2H3,(H,21,22). The van der Waals surface area contributed by atoms with Crippen molar-refractivity contribution in [1.82, 2.24) is 4.98 Å². The van der Waals surface area contributed by atoms with Gasteiger partial charge in [0.2, 0.25) is 0 Å². The Kier molecular flexibility index (Phi) is 4.93. The molecule has 6 heteroatoms. The summed E-state index contributed by atoms with van der Waals surface area (Å²) in [6.45, 7) is 3.90. The number of Topliss-reactive ketones (excluding diaryl/α,β-unsaturated/α-hetero) is 1. The van der Waals surface area contributed by atoms with Gasteiger partial charge in [0, 0.05) is 29.8 Å². The van der Waals surface area contributed by atoms with E-state index in [1.54, 1.807) is 12.1 Å². The molecule has 1 aromatic heterocycles. The lowest BCUT2D eigenvalue weighted by Crippen LogP contribution is -2.07. The molecule has 132 valence electrons. The molecule has 0 bridgehead atoms. The van der Waals surface area contributed by atoms with Crippen molar-refractivity contribution in [2.45, 2.75) is 26.7 Å². The number of fused-ring (bicyclic) bond motifs is 1. The van der Waals surface area contributed by atoms with Crippen LogP contribution >= 0.6 is 0 Å². The number of non-ortho nitro benzene ring substituents is 1. The molecule has 0 saturated carbocycles. The average Bonchev–Trinajstić information content (AvgIpc) is 2.63. The minimum Gasteiger partial charge on any atom is -0.354 e. The number of benzene rings is 2. The Morgan fingerprint density at radius 1 is 1.19 bits per heavy atom. The summed E-state index contributed by atoms with van der Waals surface area (Å²) < 4.78 is 0. The molecule has 1 heterocycles. The lowest BCUT2D eigenvalue weighted by atomic mass is 10.0. The molecule has 0 radical (unpaired) electrons. The van der Waals surface area contributed by atoms with Gasteiger partial charge in [0.25, 0.3) is 5.69 Å². The summed E-state index contributed by atoms with van der Waals surface area (Å²) in [4.78, 5) is 27.7. The topological polar surface area (TPSA) is 85.1 Å². The van der Waals surface area contributed by atoms with Gasteiger partial charge in [0.1, 0.15) is 5.52 Å². The summed E-state index contributed by atoms with van der Waals surface area (Å²) in [5.74, 6) is -0.0375. The van der Waals surface area contributed by atoms with Crippen LogP contribution in [0.1, 0.15) is 35.7 Å². The predicted octanol–water partition coefficient (Wildman–Crippen LogP) is 5.18. The third kappa shape index (κ3) is 3.26. The number of para-hydroxylation sites is 2. The zero-order valence-electron chi connectivity index (χ0n) is 14.7. The molecular weight excluding hydrogens is 330 g/mol. The van der Waals surface area contributed by atoms with Gasteiger partial charge in [0.05, 0.1) is 16.2 Å².